The molecule has 3 aromatic rings. The molecule has 0 aliphatic carbocycles. The van der Waals surface area contributed by atoms with E-state index in [1.807, 2.05) is 32.0 Å². The van der Waals surface area contributed by atoms with Crippen LogP contribution in [0.4, 0.5) is 11.4 Å². The van der Waals surface area contributed by atoms with Crippen LogP contribution in [-0.2, 0) is 0 Å². The number of benzene rings is 3. The Balaban J connectivity index is 1.78. The number of aromatic hydroxyl groups is 1. The Bertz CT molecular complexity index is 1010. The first-order chi connectivity index (χ1) is 12.9. The maximum absolute atomic E-state index is 12.4. The Morgan fingerprint density at radius 3 is 1.85 bits per heavy atom. The highest BCUT2D eigenvalue weighted by Gasteiger charge is 2.12. The molecule has 0 bridgehead atoms. The zero-order chi connectivity index (χ0) is 19.4. The lowest BCUT2D eigenvalue weighted by molar-refractivity contribution is 0.101. The van der Waals surface area contributed by atoms with E-state index in [-0.39, 0.29) is 23.3 Å². The fraction of sp³-hybridized carbons (Fsp3) is 0.0909. The van der Waals surface area contributed by atoms with E-state index in [1.165, 1.54) is 12.1 Å². The summed E-state index contributed by atoms with van der Waals surface area (Å²) in [5.74, 6) is -0.680. The summed E-state index contributed by atoms with van der Waals surface area (Å²) >= 11 is 0. The van der Waals surface area contributed by atoms with E-state index < -0.39 is 0 Å². The Hall–Kier alpha value is -3.60. The van der Waals surface area contributed by atoms with Gasteiger partial charge in [-0.3, -0.25) is 9.59 Å². The standard InChI is InChI=1S/C22H20N2O3/c1-14-5-3-7-16(11-14)21(26)23-18-9-10-20(25)19(13-18)24-22(27)17-8-4-6-15(2)12-17/h3-13,25H,1-2H3,(H,23,26)(H,24,27). The van der Waals surface area contributed by atoms with Gasteiger partial charge in [0, 0.05) is 16.8 Å². The van der Waals surface area contributed by atoms with Gasteiger partial charge in [0.25, 0.3) is 11.8 Å². The number of aryl methyl sites for hydroxylation is 2. The third kappa shape index (κ3) is 4.52. The van der Waals surface area contributed by atoms with Gasteiger partial charge >= 0.3 is 0 Å². The molecule has 0 atom stereocenters. The van der Waals surface area contributed by atoms with E-state index in [0.717, 1.165) is 11.1 Å². The van der Waals surface area contributed by atoms with Crippen molar-refractivity contribution in [2.45, 2.75) is 13.8 Å². The summed E-state index contributed by atoms with van der Waals surface area (Å²) in [7, 11) is 0. The summed E-state index contributed by atoms with van der Waals surface area (Å²) in [5.41, 5.74) is 3.67. The molecule has 136 valence electrons. The monoisotopic (exact) mass is 360 g/mol. The SMILES string of the molecule is Cc1cccc(C(=O)Nc2ccc(O)c(NC(=O)c3cccc(C)c3)c2)c1. The number of rotatable bonds is 4. The summed E-state index contributed by atoms with van der Waals surface area (Å²) < 4.78 is 0. The van der Waals surface area contributed by atoms with Gasteiger partial charge in [-0.25, -0.2) is 0 Å². The van der Waals surface area contributed by atoms with Crippen molar-refractivity contribution < 1.29 is 14.7 Å². The zero-order valence-corrected chi connectivity index (χ0v) is 15.1. The molecule has 3 N–H and O–H groups in total. The van der Waals surface area contributed by atoms with Gasteiger partial charge in [0.05, 0.1) is 5.69 Å². The minimum atomic E-state index is -0.337. The van der Waals surface area contributed by atoms with E-state index in [0.29, 0.717) is 16.8 Å². The van der Waals surface area contributed by atoms with Gasteiger partial charge in [0.15, 0.2) is 0 Å². The molecule has 0 aliphatic rings. The molecule has 27 heavy (non-hydrogen) atoms. The number of phenolic OH excluding ortho intramolecular Hbond substituents is 1. The van der Waals surface area contributed by atoms with Gasteiger partial charge in [-0.15, -0.1) is 0 Å². The van der Waals surface area contributed by atoms with E-state index in [4.69, 9.17) is 0 Å². The molecule has 0 radical (unpaired) electrons. The van der Waals surface area contributed by atoms with E-state index in [2.05, 4.69) is 10.6 Å². The van der Waals surface area contributed by atoms with Crippen molar-refractivity contribution in [1.29, 1.82) is 0 Å². The van der Waals surface area contributed by atoms with Crippen molar-refractivity contribution in [2.75, 3.05) is 10.6 Å². The number of hydrogen-bond acceptors (Lipinski definition) is 3. The predicted molar refractivity (Wildman–Crippen MR) is 106 cm³/mol. The van der Waals surface area contributed by atoms with Crippen molar-refractivity contribution in [1.82, 2.24) is 0 Å². The van der Waals surface area contributed by atoms with Crippen LogP contribution in [0, 0.1) is 13.8 Å². The van der Waals surface area contributed by atoms with Gasteiger partial charge in [-0.2, -0.15) is 0 Å². The Morgan fingerprint density at radius 1 is 0.741 bits per heavy atom. The van der Waals surface area contributed by atoms with Crippen molar-refractivity contribution >= 4 is 23.2 Å². The smallest absolute Gasteiger partial charge is 0.255 e. The molecule has 0 aliphatic heterocycles. The molecule has 0 heterocycles. The van der Waals surface area contributed by atoms with Crippen LogP contribution >= 0.6 is 0 Å². The zero-order valence-electron chi connectivity index (χ0n) is 15.1. The summed E-state index contributed by atoms with van der Waals surface area (Å²) in [4.78, 5) is 24.8. The van der Waals surface area contributed by atoms with E-state index >= 15 is 0 Å². The van der Waals surface area contributed by atoms with Gasteiger partial charge in [0.2, 0.25) is 0 Å². The van der Waals surface area contributed by atoms with Crippen LogP contribution in [-0.4, -0.2) is 16.9 Å². The minimum Gasteiger partial charge on any atom is -0.506 e. The largest absolute Gasteiger partial charge is 0.506 e. The normalized spacial score (nSPS) is 10.3. The van der Waals surface area contributed by atoms with Crippen LogP contribution in [0.15, 0.2) is 66.7 Å². The fourth-order valence-corrected chi connectivity index (χ4v) is 2.68. The molecule has 0 spiro atoms. The number of phenols is 1. The fourth-order valence-electron chi connectivity index (χ4n) is 2.68. The first kappa shape index (κ1) is 18.2. The topological polar surface area (TPSA) is 78.4 Å². The number of carbonyl (C=O) groups is 2. The van der Waals surface area contributed by atoms with Crippen LogP contribution in [0.1, 0.15) is 31.8 Å². The lowest BCUT2D eigenvalue weighted by atomic mass is 10.1. The molecule has 2 amide bonds. The lowest BCUT2D eigenvalue weighted by Crippen LogP contribution is -2.14. The van der Waals surface area contributed by atoms with E-state index in [1.54, 1.807) is 36.4 Å². The second kappa shape index (κ2) is 7.74. The molecule has 5 heteroatoms. The Labute approximate surface area is 157 Å². The molecule has 0 fully saturated rings. The molecule has 0 saturated carbocycles. The van der Waals surface area contributed by atoms with Crippen LogP contribution < -0.4 is 10.6 Å². The van der Waals surface area contributed by atoms with Gasteiger partial charge in [-0.1, -0.05) is 35.4 Å². The van der Waals surface area contributed by atoms with Crippen molar-refractivity contribution in [3.05, 3.63) is 89.0 Å². The molecule has 5 nitrogen and oxygen atoms in total. The summed E-state index contributed by atoms with van der Waals surface area (Å²) in [5, 5.41) is 15.5. The summed E-state index contributed by atoms with van der Waals surface area (Å²) in [6.45, 7) is 3.81. The molecule has 3 aromatic carbocycles. The van der Waals surface area contributed by atoms with Crippen molar-refractivity contribution in [3.63, 3.8) is 0 Å². The Kier molecular flexibility index (Phi) is 5.22. The second-order valence-corrected chi connectivity index (χ2v) is 6.38. The molecule has 0 unspecified atom stereocenters. The first-order valence-electron chi connectivity index (χ1n) is 8.51. The highest BCUT2D eigenvalue weighted by Crippen LogP contribution is 2.27. The minimum absolute atomic E-state index is 0.0791. The molecular formula is C22H20N2O3. The van der Waals surface area contributed by atoms with Gasteiger partial charge in [0.1, 0.15) is 5.75 Å². The van der Waals surface area contributed by atoms with Crippen LogP contribution in [0.3, 0.4) is 0 Å². The predicted octanol–water partition coefficient (Wildman–Crippen LogP) is 4.51. The van der Waals surface area contributed by atoms with Gasteiger partial charge in [-0.05, 0) is 56.3 Å². The first-order valence-corrected chi connectivity index (χ1v) is 8.51. The number of anilines is 2. The third-order valence-corrected chi connectivity index (χ3v) is 4.06. The summed E-state index contributed by atoms with van der Waals surface area (Å²) in [6.07, 6.45) is 0. The number of nitrogens with one attached hydrogen (secondary N) is 2. The average molecular weight is 360 g/mol. The van der Waals surface area contributed by atoms with Crippen LogP contribution in [0.5, 0.6) is 5.75 Å². The van der Waals surface area contributed by atoms with Crippen LogP contribution in [0.25, 0.3) is 0 Å². The number of carbonyl (C=O) groups excluding carboxylic acids is 2. The second-order valence-electron chi connectivity index (χ2n) is 6.38. The molecule has 0 aromatic heterocycles. The molecule has 3 rings (SSSR count). The van der Waals surface area contributed by atoms with Crippen LogP contribution in [0.2, 0.25) is 0 Å². The highest BCUT2D eigenvalue weighted by molar-refractivity contribution is 6.07. The molecule has 0 saturated heterocycles. The molecular weight excluding hydrogens is 340 g/mol. The highest BCUT2D eigenvalue weighted by atomic mass is 16.3. The van der Waals surface area contributed by atoms with Crippen molar-refractivity contribution in [2.24, 2.45) is 0 Å². The number of amides is 2. The third-order valence-electron chi connectivity index (χ3n) is 4.06. The van der Waals surface area contributed by atoms with Crippen molar-refractivity contribution in [3.8, 4) is 5.75 Å². The van der Waals surface area contributed by atoms with E-state index in [9.17, 15) is 14.7 Å². The lowest BCUT2D eigenvalue weighted by Gasteiger charge is -2.11. The maximum atomic E-state index is 12.4. The average Bonchev–Trinajstić information content (AvgIpc) is 2.64. The van der Waals surface area contributed by atoms with Gasteiger partial charge < -0.3 is 15.7 Å². The number of hydrogen-bond donors (Lipinski definition) is 3. The maximum Gasteiger partial charge on any atom is 0.255 e. The Morgan fingerprint density at radius 2 is 1.30 bits per heavy atom. The summed E-state index contributed by atoms with van der Waals surface area (Å²) in [6, 6.07) is 18.9. The quantitative estimate of drug-likeness (QED) is 0.473.